The van der Waals surface area contributed by atoms with Crippen molar-refractivity contribution in [3.05, 3.63) is 0 Å². The van der Waals surface area contributed by atoms with Crippen LogP contribution in [0.2, 0.25) is 0 Å². The van der Waals surface area contributed by atoms with Gasteiger partial charge in [-0.1, -0.05) is 0 Å². The van der Waals surface area contributed by atoms with Gasteiger partial charge in [-0.2, -0.15) is 0 Å². The van der Waals surface area contributed by atoms with Gasteiger partial charge in [0.2, 0.25) is 0 Å². The summed E-state index contributed by atoms with van der Waals surface area (Å²) >= 11 is 0. The van der Waals surface area contributed by atoms with Crippen LogP contribution in [0.25, 0.3) is 0 Å². The van der Waals surface area contributed by atoms with Gasteiger partial charge in [0.25, 0.3) is 0 Å². The van der Waals surface area contributed by atoms with E-state index in [9.17, 15) is 0 Å². The van der Waals surface area contributed by atoms with Crippen molar-refractivity contribution in [1.82, 2.24) is 0 Å². The van der Waals surface area contributed by atoms with Crippen LogP contribution in [0.15, 0.2) is 0 Å². The number of hydrogen-bond acceptors (Lipinski definition) is 2. The predicted molar refractivity (Wildman–Crippen MR) is 14.9 cm³/mol. The van der Waals surface area contributed by atoms with E-state index in [2.05, 4.69) is 12.7 Å². The first-order valence-corrected chi connectivity index (χ1v) is 0.868. The van der Waals surface area contributed by atoms with Crippen LogP contribution in [0.3, 0.4) is 0 Å². The lowest BCUT2D eigenvalue weighted by Crippen LogP contribution is -1.92. The third-order valence-electron chi connectivity index (χ3n) is 0.101. The zero-order valence-electron chi connectivity index (χ0n) is 2.34. The molecule has 0 bridgehead atoms. The van der Waals surface area contributed by atoms with E-state index in [1.807, 2.05) is 0 Å². The summed E-state index contributed by atoms with van der Waals surface area (Å²) in [6.45, 7) is 0. The molecular weight excluding hydrogens is 70.8 g/mol. The molecule has 0 fully saturated rings. The summed E-state index contributed by atoms with van der Waals surface area (Å²) in [6.07, 6.45) is -1.47. The molecule has 26 valence electrons. The second-order valence-electron chi connectivity index (χ2n) is 0.384. The summed E-state index contributed by atoms with van der Waals surface area (Å²) in [5.74, 6) is 0. The zero-order valence-corrected chi connectivity index (χ0v) is 2.34. The first-order valence-electron chi connectivity index (χ1n) is 0.868. The molecule has 0 aromatic rings. The minimum Gasteiger partial charge on any atom is -0.513 e. The largest absolute Gasteiger partial charge is 0.513 e. The molecule has 3 nitrogen and oxygen atoms in total. The van der Waals surface area contributed by atoms with Gasteiger partial charge in [0.1, 0.15) is 0 Å². The molecule has 0 aromatic heterocycles. The van der Waals surface area contributed by atoms with Crippen LogP contribution < -0.4 is 0 Å². The molecule has 0 saturated carbocycles. The van der Waals surface area contributed by atoms with Crippen LogP contribution in [0.1, 0.15) is 0 Å². The topological polar surface area (TPSA) is 46.5 Å². The summed E-state index contributed by atoms with van der Waals surface area (Å²) in [4.78, 5) is 9.02. The molecule has 0 unspecified atom stereocenters. The molecule has 2 radical (unpaired) electrons. The standard InChI is InChI=1S/CHBO3/c2-5-1(3)4/h(H,3,4). The second kappa shape index (κ2) is 1.63. The van der Waals surface area contributed by atoms with Gasteiger partial charge in [0.15, 0.2) is 0 Å². The molecule has 0 amide bonds. The maximum absolute atomic E-state index is 9.02. The minimum atomic E-state index is -1.47. The van der Waals surface area contributed by atoms with E-state index in [0.29, 0.717) is 0 Å². The van der Waals surface area contributed by atoms with Gasteiger partial charge in [-0.3, -0.25) is 0 Å². The molecule has 0 saturated heterocycles. The first-order chi connectivity index (χ1) is 2.27. The molecule has 0 aliphatic heterocycles. The Labute approximate surface area is 30.0 Å². The summed E-state index contributed by atoms with van der Waals surface area (Å²) in [6, 6.07) is 0. The number of carboxylic acid groups (broad SMARTS) is 1. The predicted octanol–water partition coefficient (Wildman–Crippen LogP) is -0.236. The second-order valence-corrected chi connectivity index (χ2v) is 0.384. The van der Waals surface area contributed by atoms with Crippen molar-refractivity contribution >= 4 is 14.2 Å². The smallest absolute Gasteiger partial charge is 0.486 e. The number of hydrogen-bond donors (Lipinski definition) is 1. The third-order valence-corrected chi connectivity index (χ3v) is 0.101. The average Bonchev–Trinajstić information content (AvgIpc) is 1.38. The molecule has 1 N–H and O–H groups in total. The van der Waals surface area contributed by atoms with E-state index in [1.54, 1.807) is 0 Å². The lowest BCUT2D eigenvalue weighted by atomic mass is 10.6. The fourth-order valence-electron chi connectivity index (χ4n) is 0. The Morgan fingerprint density at radius 3 is 2.20 bits per heavy atom. The Kier molecular flexibility index (Phi) is 1.42. The van der Waals surface area contributed by atoms with Crippen LogP contribution in [-0.2, 0) is 4.65 Å². The van der Waals surface area contributed by atoms with Gasteiger partial charge in [-0.25, -0.2) is 4.79 Å². The fourth-order valence-corrected chi connectivity index (χ4v) is 0. The van der Waals surface area contributed by atoms with Gasteiger partial charge in [-0.15, -0.1) is 0 Å². The van der Waals surface area contributed by atoms with Crippen LogP contribution in [0.4, 0.5) is 4.79 Å². The van der Waals surface area contributed by atoms with E-state index < -0.39 is 6.16 Å². The normalized spacial score (nSPS) is 6.40. The molecule has 0 rings (SSSR count). The van der Waals surface area contributed by atoms with Gasteiger partial charge in [0, 0.05) is 0 Å². The van der Waals surface area contributed by atoms with Gasteiger partial charge in [-0.05, 0) is 0 Å². The Bertz CT molecular complexity index is 42.2. The molecule has 0 spiro atoms. The lowest BCUT2D eigenvalue weighted by Gasteiger charge is -1.79. The van der Waals surface area contributed by atoms with Crippen molar-refractivity contribution in [3.8, 4) is 0 Å². The molecule has 0 aliphatic rings. The SMILES string of the molecule is [B]OC(=O)O. The Hall–Kier alpha value is -0.665. The van der Waals surface area contributed by atoms with Crippen molar-refractivity contribution in [2.75, 3.05) is 0 Å². The van der Waals surface area contributed by atoms with Crippen molar-refractivity contribution in [2.24, 2.45) is 0 Å². The molecule has 4 heteroatoms. The lowest BCUT2D eigenvalue weighted by molar-refractivity contribution is 0.148. The number of carbonyl (C=O) groups is 1. The third kappa shape index (κ3) is 3.33. The molecule has 5 heavy (non-hydrogen) atoms. The molecule has 0 atom stereocenters. The van der Waals surface area contributed by atoms with Crippen LogP contribution in [0, 0.1) is 0 Å². The average molecular weight is 71.8 g/mol. The highest BCUT2D eigenvalue weighted by Crippen LogP contribution is 1.59. The summed E-state index contributed by atoms with van der Waals surface area (Å²) in [7, 11) is 4.07. The Morgan fingerprint density at radius 1 is 2.00 bits per heavy atom. The highest BCUT2D eigenvalue weighted by atomic mass is 16.6. The first kappa shape index (κ1) is 4.33. The van der Waals surface area contributed by atoms with Crippen molar-refractivity contribution < 1.29 is 14.6 Å². The maximum Gasteiger partial charge on any atom is 0.486 e. The van der Waals surface area contributed by atoms with Crippen LogP contribution in [-0.4, -0.2) is 19.3 Å². The molecule has 0 heterocycles. The monoisotopic (exact) mass is 72.0 g/mol. The fraction of sp³-hybridized carbons (Fsp3) is 0. The van der Waals surface area contributed by atoms with Crippen molar-refractivity contribution in [2.45, 2.75) is 0 Å². The van der Waals surface area contributed by atoms with Crippen molar-refractivity contribution in [1.29, 1.82) is 0 Å². The van der Waals surface area contributed by atoms with E-state index in [-0.39, 0.29) is 0 Å². The summed E-state index contributed by atoms with van der Waals surface area (Å²) < 4.78 is 3.17. The molecule has 0 aliphatic carbocycles. The summed E-state index contributed by atoms with van der Waals surface area (Å²) in [5.41, 5.74) is 0. The highest BCUT2D eigenvalue weighted by molar-refractivity contribution is 6.03. The Morgan fingerprint density at radius 2 is 2.20 bits per heavy atom. The van der Waals surface area contributed by atoms with Crippen LogP contribution in [0.5, 0.6) is 0 Å². The number of rotatable bonds is 0. The van der Waals surface area contributed by atoms with Gasteiger partial charge in [0.05, 0.1) is 0 Å². The highest BCUT2D eigenvalue weighted by Gasteiger charge is 1.80. The Balaban J connectivity index is 2.85. The zero-order chi connectivity index (χ0) is 4.28. The van der Waals surface area contributed by atoms with E-state index in [1.165, 1.54) is 0 Å². The summed E-state index contributed by atoms with van der Waals surface area (Å²) in [5, 5.41) is 7.38. The van der Waals surface area contributed by atoms with Gasteiger partial charge < -0.3 is 9.76 Å². The maximum atomic E-state index is 9.02. The van der Waals surface area contributed by atoms with Crippen LogP contribution >= 0.6 is 0 Å². The van der Waals surface area contributed by atoms with E-state index in [0.717, 1.165) is 0 Å². The minimum absolute atomic E-state index is 1.47. The molecular formula is CHBO3. The van der Waals surface area contributed by atoms with E-state index in [4.69, 9.17) is 9.90 Å². The van der Waals surface area contributed by atoms with E-state index >= 15 is 0 Å². The van der Waals surface area contributed by atoms with Crippen molar-refractivity contribution in [3.63, 3.8) is 0 Å². The molecule has 0 aromatic carbocycles. The quantitative estimate of drug-likeness (QED) is 0.402. The van der Waals surface area contributed by atoms with Gasteiger partial charge >= 0.3 is 14.2 Å².